The SMILES string of the molecule is CCCCCCCCCCCCCCCCC=CN(C(=O)CC(C(=O)O)S(=O)(=O)O)C(CC(=O)O)C(=O)O. The van der Waals surface area contributed by atoms with E-state index in [4.69, 9.17) is 14.8 Å². The molecule has 0 aliphatic rings. The van der Waals surface area contributed by atoms with Crippen molar-refractivity contribution in [1.82, 2.24) is 4.90 Å². The standard InChI is InChI=1S/C26H45NO10S/c1-2-3-4-5-6-7-8-9-10-11-12-13-14-15-16-17-18-27(21(25(31)32)19-24(29)30)23(28)20-22(26(33)34)38(35,36)37/h17-18,21-22H,2-16,19-20H2,1H3,(H,29,30)(H,31,32)(H,33,34)(H,35,36,37). The van der Waals surface area contributed by atoms with Crippen LogP contribution in [0.15, 0.2) is 12.3 Å². The monoisotopic (exact) mass is 563 g/mol. The summed E-state index contributed by atoms with van der Waals surface area (Å²) in [5.41, 5.74) is 0. The third kappa shape index (κ3) is 17.1. The molecule has 0 saturated heterocycles. The summed E-state index contributed by atoms with van der Waals surface area (Å²) in [7, 11) is -5.15. The summed E-state index contributed by atoms with van der Waals surface area (Å²) in [6.45, 7) is 2.22. The molecular formula is C26H45NO10S. The molecule has 0 bridgehead atoms. The zero-order chi connectivity index (χ0) is 29.0. The number of aliphatic carboxylic acids is 3. The Morgan fingerprint density at radius 2 is 1.16 bits per heavy atom. The summed E-state index contributed by atoms with van der Waals surface area (Å²) in [5.74, 6) is -6.40. The molecule has 1 amide bonds. The number of carboxylic acids is 3. The van der Waals surface area contributed by atoms with E-state index in [-0.39, 0.29) is 0 Å². The van der Waals surface area contributed by atoms with Crippen molar-refractivity contribution in [1.29, 1.82) is 0 Å². The van der Waals surface area contributed by atoms with Gasteiger partial charge in [-0.2, -0.15) is 8.42 Å². The predicted molar refractivity (Wildman–Crippen MR) is 142 cm³/mol. The van der Waals surface area contributed by atoms with Gasteiger partial charge in [-0.3, -0.25) is 18.9 Å². The molecule has 0 aromatic carbocycles. The van der Waals surface area contributed by atoms with Crippen molar-refractivity contribution in [2.75, 3.05) is 0 Å². The lowest BCUT2D eigenvalue weighted by Crippen LogP contribution is -2.45. The van der Waals surface area contributed by atoms with Gasteiger partial charge in [-0.1, -0.05) is 96.5 Å². The molecule has 0 fully saturated rings. The molecule has 0 radical (unpaired) electrons. The Kier molecular flexibility index (Phi) is 19.2. The van der Waals surface area contributed by atoms with Crippen LogP contribution >= 0.6 is 0 Å². The van der Waals surface area contributed by atoms with Gasteiger partial charge in [0.05, 0.1) is 12.8 Å². The zero-order valence-electron chi connectivity index (χ0n) is 22.4. The fourth-order valence-electron chi connectivity index (χ4n) is 4.06. The maximum absolute atomic E-state index is 12.6. The van der Waals surface area contributed by atoms with Gasteiger partial charge < -0.3 is 20.2 Å². The van der Waals surface area contributed by atoms with Crippen molar-refractivity contribution < 1.29 is 47.5 Å². The quantitative estimate of drug-likeness (QED) is 0.0933. The topological polar surface area (TPSA) is 187 Å². The van der Waals surface area contributed by atoms with Crippen LogP contribution in [-0.4, -0.2) is 68.3 Å². The van der Waals surface area contributed by atoms with E-state index in [0.717, 1.165) is 31.9 Å². The zero-order valence-corrected chi connectivity index (χ0v) is 23.2. The number of amides is 1. The van der Waals surface area contributed by atoms with Crippen LogP contribution in [0.2, 0.25) is 0 Å². The van der Waals surface area contributed by atoms with Crippen LogP contribution in [0, 0.1) is 0 Å². The average molecular weight is 564 g/mol. The van der Waals surface area contributed by atoms with E-state index in [1.165, 1.54) is 70.3 Å². The molecule has 12 heteroatoms. The minimum Gasteiger partial charge on any atom is -0.481 e. The summed E-state index contributed by atoms with van der Waals surface area (Å²) in [6.07, 6.45) is 17.3. The first-order valence-corrected chi connectivity index (χ1v) is 15.0. The van der Waals surface area contributed by atoms with Crippen LogP contribution in [0.4, 0.5) is 0 Å². The highest BCUT2D eigenvalue weighted by Crippen LogP contribution is 2.16. The Labute approximate surface area is 226 Å². The molecule has 4 N–H and O–H groups in total. The molecule has 0 aromatic rings. The molecule has 0 spiro atoms. The Balaban J connectivity index is 4.62. The molecule has 0 heterocycles. The summed E-state index contributed by atoms with van der Waals surface area (Å²) in [4.78, 5) is 47.0. The van der Waals surface area contributed by atoms with E-state index in [2.05, 4.69) is 6.92 Å². The molecule has 0 saturated carbocycles. The molecule has 0 rings (SSSR count). The van der Waals surface area contributed by atoms with Gasteiger partial charge >= 0.3 is 17.9 Å². The van der Waals surface area contributed by atoms with E-state index < -0.39 is 58.1 Å². The summed E-state index contributed by atoms with van der Waals surface area (Å²) in [6, 6.07) is -1.87. The average Bonchev–Trinajstić information content (AvgIpc) is 2.82. The van der Waals surface area contributed by atoms with E-state index >= 15 is 0 Å². The first-order chi connectivity index (χ1) is 17.9. The van der Waals surface area contributed by atoms with Crippen LogP contribution in [0.25, 0.3) is 0 Å². The maximum Gasteiger partial charge on any atom is 0.327 e. The Bertz CT molecular complexity index is 856. The van der Waals surface area contributed by atoms with Gasteiger partial charge in [0.15, 0.2) is 5.25 Å². The Hall–Kier alpha value is -2.47. The number of nitrogens with zero attached hydrogens (tertiary/aromatic N) is 1. The first kappa shape index (κ1) is 35.5. The summed E-state index contributed by atoms with van der Waals surface area (Å²) in [5, 5.41) is 24.9. The van der Waals surface area contributed by atoms with E-state index in [0.29, 0.717) is 11.3 Å². The highest BCUT2D eigenvalue weighted by atomic mass is 32.2. The first-order valence-electron chi connectivity index (χ1n) is 13.5. The normalized spacial score (nSPS) is 13.3. The Morgan fingerprint density at radius 1 is 0.711 bits per heavy atom. The minimum absolute atomic E-state index is 0.460. The molecule has 38 heavy (non-hydrogen) atoms. The van der Waals surface area contributed by atoms with Gasteiger partial charge in [0.2, 0.25) is 5.91 Å². The predicted octanol–water partition coefficient (Wildman–Crippen LogP) is 4.86. The molecule has 11 nitrogen and oxygen atoms in total. The summed E-state index contributed by atoms with van der Waals surface area (Å²) >= 11 is 0. The lowest BCUT2D eigenvalue weighted by atomic mass is 10.0. The number of hydrogen-bond acceptors (Lipinski definition) is 6. The molecular weight excluding hydrogens is 518 g/mol. The van der Waals surface area contributed by atoms with Crippen molar-refractivity contribution in [3.05, 3.63) is 12.3 Å². The van der Waals surface area contributed by atoms with E-state index in [1.54, 1.807) is 0 Å². The molecule has 0 aliphatic carbocycles. The molecule has 220 valence electrons. The lowest BCUT2D eigenvalue weighted by molar-refractivity contribution is -0.152. The van der Waals surface area contributed by atoms with Crippen LogP contribution in [0.5, 0.6) is 0 Å². The number of unbranched alkanes of at least 4 members (excludes halogenated alkanes) is 14. The molecule has 2 unspecified atom stereocenters. The van der Waals surface area contributed by atoms with Gasteiger partial charge in [-0.15, -0.1) is 0 Å². The molecule has 2 atom stereocenters. The van der Waals surface area contributed by atoms with Crippen LogP contribution in [0.1, 0.15) is 116 Å². The van der Waals surface area contributed by atoms with E-state index in [1.807, 2.05) is 0 Å². The summed E-state index contributed by atoms with van der Waals surface area (Å²) < 4.78 is 31.7. The fraction of sp³-hybridized carbons (Fsp3) is 0.769. The van der Waals surface area contributed by atoms with Gasteiger partial charge in [-0.25, -0.2) is 4.79 Å². The third-order valence-electron chi connectivity index (χ3n) is 6.26. The molecule has 0 aliphatic heterocycles. The fourth-order valence-corrected chi connectivity index (χ4v) is 4.67. The smallest absolute Gasteiger partial charge is 0.327 e. The number of rotatable bonds is 24. The third-order valence-corrected chi connectivity index (χ3v) is 7.35. The van der Waals surface area contributed by atoms with Gasteiger partial charge in [0, 0.05) is 6.20 Å². The van der Waals surface area contributed by atoms with Crippen molar-refractivity contribution in [3.63, 3.8) is 0 Å². The van der Waals surface area contributed by atoms with Crippen molar-refractivity contribution >= 4 is 33.9 Å². The number of carboxylic acid groups (broad SMARTS) is 3. The highest BCUT2D eigenvalue weighted by Gasteiger charge is 2.37. The second-order valence-electron chi connectivity index (χ2n) is 9.57. The van der Waals surface area contributed by atoms with Crippen LogP contribution in [-0.2, 0) is 29.3 Å². The van der Waals surface area contributed by atoms with Crippen LogP contribution < -0.4 is 0 Å². The van der Waals surface area contributed by atoms with Gasteiger partial charge in [0.25, 0.3) is 10.1 Å². The van der Waals surface area contributed by atoms with Gasteiger partial charge in [-0.05, 0) is 12.8 Å². The minimum atomic E-state index is -5.15. The molecule has 0 aromatic heterocycles. The van der Waals surface area contributed by atoms with E-state index in [9.17, 15) is 32.7 Å². The van der Waals surface area contributed by atoms with Crippen LogP contribution in [0.3, 0.4) is 0 Å². The second kappa shape index (κ2) is 20.5. The number of carbonyl (C=O) groups is 4. The van der Waals surface area contributed by atoms with Crippen molar-refractivity contribution in [3.8, 4) is 0 Å². The van der Waals surface area contributed by atoms with Gasteiger partial charge in [0.1, 0.15) is 6.04 Å². The number of hydrogen-bond donors (Lipinski definition) is 4. The number of carbonyl (C=O) groups excluding carboxylic acids is 1. The largest absolute Gasteiger partial charge is 0.481 e. The Morgan fingerprint density at radius 3 is 1.53 bits per heavy atom. The maximum atomic E-state index is 12.6. The highest BCUT2D eigenvalue weighted by molar-refractivity contribution is 7.87. The second-order valence-corrected chi connectivity index (χ2v) is 11.2. The van der Waals surface area contributed by atoms with Crippen molar-refractivity contribution in [2.45, 2.75) is 127 Å². The number of allylic oxidation sites excluding steroid dienone is 1. The van der Waals surface area contributed by atoms with Crippen molar-refractivity contribution in [2.24, 2.45) is 0 Å². The lowest BCUT2D eigenvalue weighted by Gasteiger charge is -2.25.